The predicted octanol–water partition coefficient (Wildman–Crippen LogP) is 3.31. The van der Waals surface area contributed by atoms with E-state index in [1.165, 1.54) is 4.31 Å². The molecule has 0 aromatic heterocycles. The smallest absolute Gasteiger partial charge is 0.258 e. The molecular formula is C21H25ClN2O4S. The number of amides is 1. The van der Waals surface area contributed by atoms with E-state index >= 15 is 0 Å². The number of halogens is 1. The first-order valence-corrected chi connectivity index (χ1v) is 11.3. The Morgan fingerprint density at radius 2 is 1.79 bits per heavy atom. The Morgan fingerprint density at radius 1 is 1.14 bits per heavy atom. The van der Waals surface area contributed by atoms with Gasteiger partial charge in [0.15, 0.2) is 6.61 Å². The molecule has 0 spiro atoms. The van der Waals surface area contributed by atoms with Crippen LogP contribution in [-0.4, -0.2) is 44.4 Å². The van der Waals surface area contributed by atoms with E-state index in [0.29, 0.717) is 41.6 Å². The lowest BCUT2D eigenvalue weighted by molar-refractivity contribution is -0.124. The molecule has 0 bridgehead atoms. The van der Waals surface area contributed by atoms with E-state index in [1.807, 2.05) is 26.0 Å². The highest BCUT2D eigenvalue weighted by molar-refractivity contribution is 7.89. The third-order valence-electron chi connectivity index (χ3n) is 4.95. The third kappa shape index (κ3) is 5.50. The number of sulfonamides is 1. The highest BCUT2D eigenvalue weighted by Gasteiger charge is 2.30. The van der Waals surface area contributed by atoms with Crippen LogP contribution < -0.4 is 10.1 Å². The summed E-state index contributed by atoms with van der Waals surface area (Å²) < 4.78 is 32.8. The van der Waals surface area contributed by atoms with Crippen molar-refractivity contribution in [2.75, 3.05) is 19.7 Å². The lowest BCUT2D eigenvalue weighted by atomic mass is 10.1. The molecule has 0 aliphatic carbocycles. The monoisotopic (exact) mass is 436 g/mol. The number of benzene rings is 2. The number of ether oxygens (including phenoxy) is 1. The number of piperidine rings is 1. The number of rotatable bonds is 6. The minimum atomic E-state index is -3.53. The molecule has 1 aliphatic heterocycles. The summed E-state index contributed by atoms with van der Waals surface area (Å²) in [6.07, 6.45) is 1.13. The number of nitrogens with zero attached hydrogens (tertiary/aromatic N) is 1. The standard InChI is InChI=1S/C21H25ClN2O4S/c1-15-3-8-20(16(2)13-15)29(26,27)24-11-9-18(10-12-24)23-21(25)14-28-19-6-4-17(22)5-7-19/h3-8,13,18H,9-12,14H2,1-2H3,(H,23,25). The van der Waals surface area contributed by atoms with Gasteiger partial charge in [0, 0.05) is 24.2 Å². The third-order valence-corrected chi connectivity index (χ3v) is 7.26. The van der Waals surface area contributed by atoms with Crippen molar-refractivity contribution in [1.82, 2.24) is 9.62 Å². The highest BCUT2D eigenvalue weighted by atomic mass is 35.5. The number of aryl methyl sites for hydroxylation is 2. The summed E-state index contributed by atoms with van der Waals surface area (Å²) in [6.45, 7) is 4.40. The summed E-state index contributed by atoms with van der Waals surface area (Å²) in [4.78, 5) is 12.5. The Kier molecular flexibility index (Phi) is 6.82. The van der Waals surface area contributed by atoms with Crippen LogP contribution in [0.25, 0.3) is 0 Å². The van der Waals surface area contributed by atoms with Gasteiger partial charge in [-0.3, -0.25) is 4.79 Å². The van der Waals surface area contributed by atoms with Gasteiger partial charge in [0.05, 0.1) is 4.90 Å². The molecule has 1 amide bonds. The first kappa shape index (κ1) is 21.6. The second-order valence-corrected chi connectivity index (χ2v) is 9.60. The zero-order valence-electron chi connectivity index (χ0n) is 16.5. The van der Waals surface area contributed by atoms with Crippen molar-refractivity contribution >= 4 is 27.5 Å². The van der Waals surface area contributed by atoms with Crippen molar-refractivity contribution in [3.8, 4) is 5.75 Å². The Morgan fingerprint density at radius 3 is 2.41 bits per heavy atom. The maximum atomic E-state index is 12.9. The average molecular weight is 437 g/mol. The molecule has 8 heteroatoms. The molecule has 1 N–H and O–H groups in total. The Bertz CT molecular complexity index is 969. The molecule has 1 saturated heterocycles. The van der Waals surface area contributed by atoms with Crippen LogP contribution in [0.15, 0.2) is 47.4 Å². The number of hydrogen-bond acceptors (Lipinski definition) is 4. The molecule has 2 aromatic carbocycles. The summed E-state index contributed by atoms with van der Waals surface area (Å²) in [5.74, 6) is 0.342. The molecule has 3 rings (SSSR count). The topological polar surface area (TPSA) is 75.7 Å². The summed E-state index contributed by atoms with van der Waals surface area (Å²) in [6, 6.07) is 12.1. The SMILES string of the molecule is Cc1ccc(S(=O)(=O)N2CCC(NC(=O)COc3ccc(Cl)cc3)CC2)c(C)c1. The van der Waals surface area contributed by atoms with E-state index in [4.69, 9.17) is 16.3 Å². The van der Waals surface area contributed by atoms with E-state index < -0.39 is 10.0 Å². The van der Waals surface area contributed by atoms with Crippen molar-refractivity contribution < 1.29 is 17.9 Å². The summed E-state index contributed by atoms with van der Waals surface area (Å²) >= 11 is 5.82. The van der Waals surface area contributed by atoms with Crippen LogP contribution in [0.5, 0.6) is 5.75 Å². The molecule has 156 valence electrons. The normalized spacial score (nSPS) is 15.8. The van der Waals surface area contributed by atoms with Gasteiger partial charge in [-0.1, -0.05) is 29.3 Å². The largest absolute Gasteiger partial charge is 0.484 e. The van der Waals surface area contributed by atoms with Crippen LogP contribution in [0, 0.1) is 13.8 Å². The van der Waals surface area contributed by atoms with Gasteiger partial charge in [-0.15, -0.1) is 0 Å². The molecule has 0 saturated carbocycles. The summed E-state index contributed by atoms with van der Waals surface area (Å²) in [5, 5.41) is 3.52. The number of carbonyl (C=O) groups is 1. The zero-order valence-corrected chi connectivity index (χ0v) is 18.1. The molecule has 6 nitrogen and oxygen atoms in total. The Labute approximate surface area is 176 Å². The van der Waals surface area contributed by atoms with Crippen LogP contribution in [0.1, 0.15) is 24.0 Å². The van der Waals surface area contributed by atoms with Crippen molar-refractivity contribution in [1.29, 1.82) is 0 Å². The van der Waals surface area contributed by atoms with Gasteiger partial charge in [0.2, 0.25) is 10.0 Å². The van der Waals surface area contributed by atoms with Crippen LogP contribution in [0.2, 0.25) is 5.02 Å². The maximum Gasteiger partial charge on any atom is 0.258 e. The minimum Gasteiger partial charge on any atom is -0.484 e. The lowest BCUT2D eigenvalue weighted by Gasteiger charge is -2.32. The summed E-state index contributed by atoms with van der Waals surface area (Å²) in [7, 11) is -3.53. The van der Waals surface area contributed by atoms with Gasteiger partial charge >= 0.3 is 0 Å². The molecule has 29 heavy (non-hydrogen) atoms. The number of hydrogen-bond donors (Lipinski definition) is 1. The van der Waals surface area contributed by atoms with Crippen molar-refractivity contribution in [2.24, 2.45) is 0 Å². The van der Waals surface area contributed by atoms with Gasteiger partial charge in [0.25, 0.3) is 5.91 Å². The first-order valence-electron chi connectivity index (χ1n) is 9.51. The Hall–Kier alpha value is -2.09. The molecular weight excluding hydrogens is 412 g/mol. The second kappa shape index (κ2) is 9.15. The van der Waals surface area contributed by atoms with Crippen LogP contribution in [-0.2, 0) is 14.8 Å². The van der Waals surface area contributed by atoms with Gasteiger partial charge < -0.3 is 10.1 Å². The van der Waals surface area contributed by atoms with Gasteiger partial charge in [0.1, 0.15) is 5.75 Å². The highest BCUT2D eigenvalue weighted by Crippen LogP contribution is 2.24. The predicted molar refractivity (Wildman–Crippen MR) is 113 cm³/mol. The van der Waals surface area contributed by atoms with E-state index in [2.05, 4.69) is 5.32 Å². The number of carbonyl (C=O) groups excluding carboxylic acids is 1. The van der Waals surface area contributed by atoms with Gasteiger partial charge in [-0.25, -0.2) is 8.42 Å². The van der Waals surface area contributed by atoms with Crippen molar-refractivity contribution in [3.05, 3.63) is 58.6 Å². The average Bonchev–Trinajstić information content (AvgIpc) is 2.67. The fourth-order valence-corrected chi connectivity index (χ4v) is 5.22. The molecule has 0 radical (unpaired) electrons. The molecule has 1 heterocycles. The Balaban J connectivity index is 1.50. The van der Waals surface area contributed by atoms with Crippen molar-refractivity contribution in [2.45, 2.75) is 37.6 Å². The van der Waals surface area contributed by atoms with Crippen molar-refractivity contribution in [3.63, 3.8) is 0 Å². The quantitative estimate of drug-likeness (QED) is 0.753. The molecule has 2 aromatic rings. The van der Waals surface area contributed by atoms with Crippen LogP contribution in [0.4, 0.5) is 0 Å². The van der Waals surface area contributed by atoms with E-state index in [1.54, 1.807) is 30.3 Å². The second-order valence-electron chi connectivity index (χ2n) is 7.26. The molecule has 0 atom stereocenters. The minimum absolute atomic E-state index is 0.0677. The molecule has 1 aliphatic rings. The zero-order chi connectivity index (χ0) is 21.0. The molecule has 0 unspecified atom stereocenters. The van der Waals surface area contributed by atoms with Crippen LogP contribution in [0.3, 0.4) is 0 Å². The fourth-order valence-electron chi connectivity index (χ4n) is 3.42. The maximum absolute atomic E-state index is 12.9. The van der Waals surface area contributed by atoms with Gasteiger partial charge in [-0.2, -0.15) is 4.31 Å². The van der Waals surface area contributed by atoms with E-state index in [-0.39, 0.29) is 18.6 Å². The lowest BCUT2D eigenvalue weighted by Crippen LogP contribution is -2.47. The van der Waals surface area contributed by atoms with E-state index in [0.717, 1.165) is 11.1 Å². The van der Waals surface area contributed by atoms with E-state index in [9.17, 15) is 13.2 Å². The van der Waals surface area contributed by atoms with Crippen LogP contribution >= 0.6 is 11.6 Å². The molecule has 1 fully saturated rings. The summed E-state index contributed by atoms with van der Waals surface area (Å²) in [5.41, 5.74) is 1.78. The fraction of sp³-hybridized carbons (Fsp3) is 0.381. The number of nitrogens with one attached hydrogen (secondary N) is 1. The first-order chi connectivity index (χ1) is 13.8. The van der Waals surface area contributed by atoms with Gasteiger partial charge in [-0.05, 0) is 62.6 Å².